The number of carbonyl (C=O) groups excluding carboxylic acids is 1. The molecule has 1 aromatic heterocycles. The SMILES string of the molecule is C#Cc1cnn(CC2COCCCN2C(=O)OC(C)(C)C)n1. The van der Waals surface area contributed by atoms with Crippen LogP contribution in [0.25, 0.3) is 0 Å². The van der Waals surface area contributed by atoms with Gasteiger partial charge in [0.05, 0.1) is 25.4 Å². The predicted octanol–water partition coefficient (Wildman–Crippen LogP) is 1.29. The lowest BCUT2D eigenvalue weighted by Crippen LogP contribution is -2.47. The number of hydrogen-bond acceptors (Lipinski definition) is 5. The molecule has 22 heavy (non-hydrogen) atoms. The molecule has 1 saturated heterocycles. The number of rotatable bonds is 2. The van der Waals surface area contributed by atoms with Gasteiger partial charge in [-0.15, -0.1) is 11.5 Å². The molecule has 1 aromatic rings. The number of nitrogens with zero attached hydrogens (tertiary/aromatic N) is 4. The summed E-state index contributed by atoms with van der Waals surface area (Å²) in [6.45, 7) is 7.60. The minimum Gasteiger partial charge on any atom is -0.444 e. The smallest absolute Gasteiger partial charge is 0.410 e. The highest BCUT2D eigenvalue weighted by Gasteiger charge is 2.30. The molecule has 7 heteroatoms. The van der Waals surface area contributed by atoms with Gasteiger partial charge in [0, 0.05) is 13.2 Å². The van der Waals surface area contributed by atoms with Crippen molar-refractivity contribution >= 4 is 6.09 Å². The van der Waals surface area contributed by atoms with Crippen molar-refractivity contribution < 1.29 is 14.3 Å². The molecule has 0 radical (unpaired) electrons. The molecule has 0 saturated carbocycles. The lowest BCUT2D eigenvalue weighted by Gasteiger charge is -2.31. The highest BCUT2D eigenvalue weighted by molar-refractivity contribution is 5.68. The van der Waals surface area contributed by atoms with Gasteiger partial charge in [0.2, 0.25) is 0 Å². The molecule has 1 amide bonds. The highest BCUT2D eigenvalue weighted by Crippen LogP contribution is 2.15. The van der Waals surface area contributed by atoms with Crippen LogP contribution in [0.3, 0.4) is 0 Å². The van der Waals surface area contributed by atoms with Crippen LogP contribution in [0.2, 0.25) is 0 Å². The van der Waals surface area contributed by atoms with Gasteiger partial charge >= 0.3 is 6.09 Å². The van der Waals surface area contributed by atoms with Crippen LogP contribution >= 0.6 is 0 Å². The number of terminal acetylenes is 1. The van der Waals surface area contributed by atoms with Gasteiger partial charge < -0.3 is 14.4 Å². The van der Waals surface area contributed by atoms with E-state index in [9.17, 15) is 4.79 Å². The predicted molar refractivity (Wildman–Crippen MR) is 80.1 cm³/mol. The van der Waals surface area contributed by atoms with Gasteiger partial charge in [0.1, 0.15) is 5.60 Å². The topological polar surface area (TPSA) is 69.5 Å². The first kappa shape index (κ1) is 16.3. The Hall–Kier alpha value is -2.07. The molecule has 2 rings (SSSR count). The van der Waals surface area contributed by atoms with Gasteiger partial charge in [-0.1, -0.05) is 0 Å². The zero-order chi connectivity index (χ0) is 16.2. The standard InChI is InChI=1S/C15H22N4O3/c1-5-12-9-16-19(17-12)10-13-11-21-8-6-7-18(13)14(20)22-15(2,3)4/h1,9,13H,6-8,10-11H2,2-4H3. The van der Waals surface area contributed by atoms with Crippen molar-refractivity contribution in [3.8, 4) is 12.3 Å². The number of amides is 1. The van der Waals surface area contributed by atoms with Gasteiger partial charge in [0.25, 0.3) is 0 Å². The summed E-state index contributed by atoms with van der Waals surface area (Å²) in [6, 6.07) is -0.185. The first-order valence-corrected chi connectivity index (χ1v) is 7.33. The molecule has 1 atom stereocenters. The van der Waals surface area contributed by atoms with Crippen LogP contribution in [0.5, 0.6) is 0 Å². The summed E-state index contributed by atoms with van der Waals surface area (Å²) in [7, 11) is 0. The van der Waals surface area contributed by atoms with Crippen LogP contribution in [-0.4, -0.2) is 57.4 Å². The monoisotopic (exact) mass is 306 g/mol. The van der Waals surface area contributed by atoms with Crippen LogP contribution in [0.15, 0.2) is 6.20 Å². The Kier molecular flexibility index (Phi) is 5.03. The van der Waals surface area contributed by atoms with E-state index in [1.165, 1.54) is 11.0 Å². The number of aromatic nitrogens is 3. The Bertz CT molecular complexity index is 556. The first-order valence-electron chi connectivity index (χ1n) is 7.33. The average Bonchev–Trinajstić information content (AvgIpc) is 2.74. The van der Waals surface area contributed by atoms with E-state index in [1.807, 2.05) is 20.8 Å². The largest absolute Gasteiger partial charge is 0.444 e. The van der Waals surface area contributed by atoms with Crippen LogP contribution in [0.4, 0.5) is 4.79 Å². The number of hydrogen-bond donors (Lipinski definition) is 0. The van der Waals surface area contributed by atoms with Crippen LogP contribution < -0.4 is 0 Å². The Balaban J connectivity index is 2.10. The normalized spacial score (nSPS) is 19.4. The summed E-state index contributed by atoms with van der Waals surface area (Å²) >= 11 is 0. The van der Waals surface area contributed by atoms with E-state index in [4.69, 9.17) is 15.9 Å². The van der Waals surface area contributed by atoms with E-state index in [0.29, 0.717) is 32.0 Å². The quantitative estimate of drug-likeness (QED) is 0.770. The zero-order valence-corrected chi connectivity index (χ0v) is 13.3. The Morgan fingerprint density at radius 1 is 1.59 bits per heavy atom. The minimum absolute atomic E-state index is 0.185. The van der Waals surface area contributed by atoms with E-state index < -0.39 is 5.60 Å². The van der Waals surface area contributed by atoms with E-state index in [-0.39, 0.29) is 12.1 Å². The van der Waals surface area contributed by atoms with E-state index in [1.54, 1.807) is 4.90 Å². The van der Waals surface area contributed by atoms with E-state index in [0.717, 1.165) is 6.42 Å². The molecule has 1 aliphatic heterocycles. The van der Waals surface area contributed by atoms with Crippen LogP contribution in [-0.2, 0) is 16.0 Å². The lowest BCUT2D eigenvalue weighted by molar-refractivity contribution is 0.00895. The van der Waals surface area contributed by atoms with Crippen molar-refractivity contribution in [2.45, 2.75) is 45.4 Å². The summed E-state index contributed by atoms with van der Waals surface area (Å²) in [5, 5.41) is 8.27. The fourth-order valence-electron chi connectivity index (χ4n) is 2.18. The summed E-state index contributed by atoms with van der Waals surface area (Å²) < 4.78 is 11.0. The van der Waals surface area contributed by atoms with Crippen LogP contribution in [0.1, 0.15) is 32.9 Å². The van der Waals surface area contributed by atoms with Crippen molar-refractivity contribution in [2.24, 2.45) is 0 Å². The third-order valence-electron chi connectivity index (χ3n) is 3.13. The summed E-state index contributed by atoms with van der Waals surface area (Å²) in [5.41, 5.74) is -0.0617. The Morgan fingerprint density at radius 2 is 2.36 bits per heavy atom. The molecule has 7 nitrogen and oxygen atoms in total. The van der Waals surface area contributed by atoms with Crippen molar-refractivity contribution in [1.29, 1.82) is 0 Å². The summed E-state index contributed by atoms with van der Waals surface area (Å²) in [5.74, 6) is 2.43. The molecule has 0 aromatic carbocycles. The molecule has 0 bridgehead atoms. The van der Waals surface area contributed by atoms with Gasteiger partial charge in [-0.3, -0.25) is 0 Å². The van der Waals surface area contributed by atoms with Crippen molar-refractivity contribution in [3.05, 3.63) is 11.9 Å². The summed E-state index contributed by atoms with van der Waals surface area (Å²) in [4.78, 5) is 15.6. The number of ether oxygens (including phenoxy) is 2. The molecule has 0 spiro atoms. The van der Waals surface area contributed by atoms with Crippen LogP contribution in [0, 0.1) is 12.3 Å². The fourth-order valence-corrected chi connectivity index (χ4v) is 2.18. The van der Waals surface area contributed by atoms with E-state index >= 15 is 0 Å². The van der Waals surface area contributed by atoms with E-state index in [2.05, 4.69) is 16.1 Å². The van der Waals surface area contributed by atoms with Gasteiger partial charge in [-0.05, 0) is 33.1 Å². The second kappa shape index (κ2) is 6.79. The molecule has 1 unspecified atom stereocenters. The van der Waals surface area contributed by atoms with Gasteiger partial charge in [-0.2, -0.15) is 9.90 Å². The minimum atomic E-state index is -0.532. The molecular weight excluding hydrogens is 284 g/mol. The van der Waals surface area contributed by atoms with Crippen molar-refractivity contribution in [2.75, 3.05) is 19.8 Å². The van der Waals surface area contributed by atoms with Crippen molar-refractivity contribution in [1.82, 2.24) is 19.9 Å². The van der Waals surface area contributed by atoms with Gasteiger partial charge in [-0.25, -0.2) is 4.79 Å². The molecule has 0 aliphatic carbocycles. The maximum atomic E-state index is 12.4. The third kappa shape index (κ3) is 4.46. The Morgan fingerprint density at radius 3 is 3.00 bits per heavy atom. The lowest BCUT2D eigenvalue weighted by atomic mass is 10.2. The molecule has 0 N–H and O–H groups in total. The maximum Gasteiger partial charge on any atom is 0.410 e. The van der Waals surface area contributed by atoms with Crippen molar-refractivity contribution in [3.63, 3.8) is 0 Å². The third-order valence-corrected chi connectivity index (χ3v) is 3.13. The Labute approximate surface area is 130 Å². The highest BCUT2D eigenvalue weighted by atomic mass is 16.6. The fraction of sp³-hybridized carbons (Fsp3) is 0.667. The number of carbonyl (C=O) groups is 1. The molecule has 120 valence electrons. The first-order chi connectivity index (χ1) is 10.4. The second-order valence-corrected chi connectivity index (χ2v) is 6.19. The molecule has 1 aliphatic rings. The maximum absolute atomic E-state index is 12.4. The molecule has 1 fully saturated rings. The molecule has 2 heterocycles. The second-order valence-electron chi connectivity index (χ2n) is 6.19. The van der Waals surface area contributed by atoms with Gasteiger partial charge in [0.15, 0.2) is 5.69 Å². The summed E-state index contributed by atoms with van der Waals surface area (Å²) in [6.07, 6.45) is 7.25. The zero-order valence-electron chi connectivity index (χ0n) is 13.3. The molecular formula is C15H22N4O3. The average molecular weight is 306 g/mol.